The first-order valence-electron chi connectivity index (χ1n) is 13.3. The van der Waals surface area contributed by atoms with Crippen LogP contribution in [0.5, 0.6) is 17.5 Å². The topological polar surface area (TPSA) is 100 Å². The van der Waals surface area contributed by atoms with Crippen molar-refractivity contribution in [1.29, 1.82) is 0 Å². The number of halogens is 4. The smallest absolute Gasteiger partial charge is 0.508 e. The minimum atomic E-state index is -5.01. The molecule has 216 valence electrons. The first-order chi connectivity index (χ1) is 19.1. The van der Waals surface area contributed by atoms with Gasteiger partial charge in [0.15, 0.2) is 5.75 Å². The Hall–Kier alpha value is -3.39. The highest BCUT2D eigenvalue weighted by atomic mass is 19.4. The molecule has 10 nitrogen and oxygen atoms in total. The van der Waals surface area contributed by atoms with Crippen LogP contribution in [0.15, 0.2) is 18.2 Å². The van der Waals surface area contributed by atoms with E-state index in [1.807, 2.05) is 4.90 Å². The summed E-state index contributed by atoms with van der Waals surface area (Å²) >= 11 is 0. The fraction of sp³-hybridized carbons (Fsp3) is 0.577. The number of amides is 1. The predicted molar refractivity (Wildman–Crippen MR) is 134 cm³/mol. The molecule has 0 radical (unpaired) electrons. The number of carbonyl (C=O) groups excluding carboxylic acids is 1. The quantitative estimate of drug-likeness (QED) is 0.527. The molecule has 1 N–H and O–H groups in total. The van der Waals surface area contributed by atoms with Gasteiger partial charge in [-0.15, -0.1) is 13.2 Å². The number of anilines is 2. The minimum absolute atomic E-state index is 0.0137. The fourth-order valence-corrected chi connectivity index (χ4v) is 6.18. The van der Waals surface area contributed by atoms with Gasteiger partial charge in [0.2, 0.25) is 0 Å². The molecule has 2 aromatic rings. The molecule has 0 saturated carbocycles. The van der Waals surface area contributed by atoms with Crippen molar-refractivity contribution in [3.05, 3.63) is 29.5 Å². The Morgan fingerprint density at radius 3 is 2.83 bits per heavy atom. The number of benzene rings is 1. The average Bonchev–Trinajstić information content (AvgIpc) is 3.43. The van der Waals surface area contributed by atoms with E-state index in [1.54, 1.807) is 0 Å². The third-order valence-corrected chi connectivity index (χ3v) is 7.92. The number of fused-ring (bicyclic) bond motifs is 2. The van der Waals surface area contributed by atoms with Crippen LogP contribution in [0.25, 0.3) is 0 Å². The highest BCUT2D eigenvalue weighted by molar-refractivity contribution is 6.13. The molecule has 3 fully saturated rings. The highest BCUT2D eigenvalue weighted by Crippen LogP contribution is 2.43. The molecule has 1 aromatic heterocycles. The Labute approximate surface area is 227 Å². The molecular formula is C26H29F4N5O5. The maximum atomic E-state index is 14.3. The third-order valence-electron chi connectivity index (χ3n) is 7.92. The highest BCUT2D eigenvalue weighted by Gasteiger charge is 2.49. The fourth-order valence-electron chi connectivity index (χ4n) is 6.18. The number of ether oxygens (including phenoxy) is 3. The molecule has 5 heterocycles. The molecule has 0 bridgehead atoms. The molecule has 0 aliphatic carbocycles. The SMILES string of the molecule is O=C1c2c(nc(OCC34CCCN3CC(F)C4)nc2N2CCCOCC2)CN1c1cc(O)ccc1OC(F)(F)F. The molecular weight excluding hydrogens is 538 g/mol. The van der Waals surface area contributed by atoms with E-state index in [0.717, 1.165) is 42.5 Å². The van der Waals surface area contributed by atoms with Crippen molar-refractivity contribution < 1.29 is 41.7 Å². The van der Waals surface area contributed by atoms with Gasteiger partial charge in [-0.2, -0.15) is 9.97 Å². The number of nitrogens with zero attached hydrogens (tertiary/aromatic N) is 5. The Morgan fingerprint density at radius 1 is 1.15 bits per heavy atom. The Morgan fingerprint density at radius 2 is 2.00 bits per heavy atom. The molecule has 1 amide bonds. The van der Waals surface area contributed by atoms with Gasteiger partial charge in [-0.1, -0.05) is 0 Å². The van der Waals surface area contributed by atoms with Crippen LogP contribution in [0.3, 0.4) is 0 Å². The van der Waals surface area contributed by atoms with Crippen LogP contribution in [0.2, 0.25) is 0 Å². The largest absolute Gasteiger partial charge is 0.573 e. The van der Waals surface area contributed by atoms with E-state index in [2.05, 4.69) is 19.6 Å². The molecule has 14 heteroatoms. The molecule has 4 aliphatic rings. The Bertz CT molecular complexity index is 1290. The van der Waals surface area contributed by atoms with Crippen molar-refractivity contribution in [1.82, 2.24) is 14.9 Å². The Kier molecular flexibility index (Phi) is 6.85. The standard InChI is InChI=1S/C26H29F4N5O5/c27-16-12-25(5-1-7-34(25)13-16)15-39-24-31-18-14-35(19-11-17(36)3-4-20(19)40-26(28,29)30)23(37)21(18)22(32-24)33-6-2-9-38-10-8-33/h3-4,11,16,36H,1-2,5-10,12-15H2. The number of phenols is 1. The lowest BCUT2D eigenvalue weighted by atomic mass is 9.95. The molecule has 0 spiro atoms. The molecule has 40 heavy (non-hydrogen) atoms. The summed E-state index contributed by atoms with van der Waals surface area (Å²) in [5, 5.41) is 10.0. The number of hydrogen-bond donors (Lipinski definition) is 1. The lowest BCUT2D eigenvalue weighted by molar-refractivity contribution is -0.274. The van der Waals surface area contributed by atoms with E-state index in [1.165, 1.54) is 0 Å². The van der Waals surface area contributed by atoms with Crippen LogP contribution >= 0.6 is 0 Å². The van der Waals surface area contributed by atoms with E-state index in [4.69, 9.17) is 9.47 Å². The van der Waals surface area contributed by atoms with E-state index in [9.17, 15) is 27.5 Å². The van der Waals surface area contributed by atoms with Crippen LogP contribution in [-0.4, -0.2) is 90.0 Å². The zero-order valence-corrected chi connectivity index (χ0v) is 21.6. The molecule has 2 unspecified atom stereocenters. The number of carbonyl (C=O) groups is 1. The second-order valence-corrected chi connectivity index (χ2v) is 10.6. The second-order valence-electron chi connectivity index (χ2n) is 10.6. The molecule has 1 aromatic carbocycles. The maximum Gasteiger partial charge on any atom is 0.573 e. The summed E-state index contributed by atoms with van der Waals surface area (Å²) in [6.45, 7) is 3.06. The second kappa shape index (κ2) is 10.2. The summed E-state index contributed by atoms with van der Waals surface area (Å²) in [5.41, 5.74) is -0.285. The third kappa shape index (κ3) is 5.09. The van der Waals surface area contributed by atoms with Gasteiger partial charge < -0.3 is 24.2 Å². The lowest BCUT2D eigenvalue weighted by Crippen LogP contribution is -2.43. The van der Waals surface area contributed by atoms with Gasteiger partial charge in [-0.3, -0.25) is 14.6 Å². The van der Waals surface area contributed by atoms with Crippen molar-refractivity contribution >= 4 is 17.4 Å². The van der Waals surface area contributed by atoms with Crippen molar-refractivity contribution in [2.24, 2.45) is 0 Å². The van der Waals surface area contributed by atoms with E-state index in [-0.39, 0.29) is 41.9 Å². The minimum Gasteiger partial charge on any atom is -0.508 e. The van der Waals surface area contributed by atoms with Crippen LogP contribution in [0.4, 0.5) is 29.1 Å². The summed E-state index contributed by atoms with van der Waals surface area (Å²) < 4.78 is 69.4. The molecule has 4 aliphatic heterocycles. The monoisotopic (exact) mass is 567 g/mol. The predicted octanol–water partition coefficient (Wildman–Crippen LogP) is 3.42. The number of phenolic OH excluding ortho intramolecular Hbond substituents is 1. The zero-order chi connectivity index (χ0) is 28.1. The van der Waals surface area contributed by atoms with E-state index < -0.39 is 29.7 Å². The first-order valence-corrected chi connectivity index (χ1v) is 13.3. The van der Waals surface area contributed by atoms with Crippen molar-refractivity contribution in [2.45, 2.75) is 50.3 Å². The summed E-state index contributed by atoms with van der Waals surface area (Å²) in [6, 6.07) is 3.05. The number of rotatable bonds is 6. The molecule has 6 rings (SSSR count). The van der Waals surface area contributed by atoms with Gasteiger partial charge in [0, 0.05) is 38.7 Å². The molecule has 3 saturated heterocycles. The van der Waals surface area contributed by atoms with E-state index in [0.29, 0.717) is 51.5 Å². The van der Waals surface area contributed by atoms with Crippen LogP contribution in [0.1, 0.15) is 41.7 Å². The van der Waals surface area contributed by atoms with Crippen LogP contribution in [-0.2, 0) is 11.3 Å². The van der Waals surface area contributed by atoms with Crippen LogP contribution in [0, 0.1) is 0 Å². The van der Waals surface area contributed by atoms with Gasteiger partial charge in [0.05, 0.1) is 30.1 Å². The van der Waals surface area contributed by atoms with Gasteiger partial charge in [0.1, 0.15) is 29.9 Å². The Balaban J connectivity index is 1.35. The summed E-state index contributed by atoms with van der Waals surface area (Å²) in [5.74, 6) is -1.30. The van der Waals surface area contributed by atoms with E-state index >= 15 is 0 Å². The van der Waals surface area contributed by atoms with Gasteiger partial charge in [-0.05, 0) is 37.9 Å². The van der Waals surface area contributed by atoms with Crippen LogP contribution < -0.4 is 19.3 Å². The average molecular weight is 568 g/mol. The van der Waals surface area contributed by atoms with Gasteiger partial charge >= 0.3 is 12.4 Å². The summed E-state index contributed by atoms with van der Waals surface area (Å²) in [7, 11) is 0. The maximum absolute atomic E-state index is 14.3. The summed E-state index contributed by atoms with van der Waals surface area (Å²) in [4.78, 5) is 27.9. The normalized spacial score (nSPS) is 25.2. The number of aromatic hydroxyl groups is 1. The number of alkyl halides is 4. The first kappa shape index (κ1) is 26.8. The van der Waals surface area contributed by atoms with Gasteiger partial charge in [-0.25, -0.2) is 4.39 Å². The number of aromatic nitrogens is 2. The number of hydrogen-bond acceptors (Lipinski definition) is 9. The van der Waals surface area contributed by atoms with Crippen molar-refractivity contribution in [3.63, 3.8) is 0 Å². The van der Waals surface area contributed by atoms with Crippen molar-refractivity contribution in [3.8, 4) is 17.5 Å². The van der Waals surface area contributed by atoms with Gasteiger partial charge in [0.25, 0.3) is 5.91 Å². The summed E-state index contributed by atoms with van der Waals surface area (Å²) in [6.07, 6.45) is -3.17. The zero-order valence-electron chi connectivity index (χ0n) is 21.6. The lowest BCUT2D eigenvalue weighted by Gasteiger charge is -2.31. The molecule has 2 atom stereocenters. The van der Waals surface area contributed by atoms with Crippen molar-refractivity contribution in [2.75, 3.05) is 55.8 Å².